The first-order valence-corrected chi connectivity index (χ1v) is 6.04. The van der Waals surface area contributed by atoms with E-state index in [0.29, 0.717) is 12.2 Å². The van der Waals surface area contributed by atoms with E-state index in [1.165, 1.54) is 0 Å². The highest BCUT2D eigenvalue weighted by atomic mass is 16.1. The summed E-state index contributed by atoms with van der Waals surface area (Å²) in [5, 5.41) is 10.8. The summed E-state index contributed by atoms with van der Waals surface area (Å²) in [6, 6.07) is 7.76. The molecular weight excluding hydrogens is 214 g/mol. The Hall–Kier alpha value is -1.84. The summed E-state index contributed by atoms with van der Waals surface area (Å²) >= 11 is 0. The number of hydrogen-bond donors (Lipinski definition) is 2. The average Bonchev–Trinajstić information content (AvgIpc) is 2.73. The number of aromatic amines is 1. The largest absolute Gasteiger partial charge is 0.309 e. The molecule has 0 aliphatic rings. The van der Waals surface area contributed by atoms with Crippen LogP contribution in [0.4, 0.5) is 5.82 Å². The van der Waals surface area contributed by atoms with Crippen LogP contribution in [0.5, 0.6) is 0 Å². The van der Waals surface area contributed by atoms with Crippen molar-refractivity contribution in [2.24, 2.45) is 0 Å². The molecule has 4 heteroatoms. The molecule has 0 fully saturated rings. The summed E-state index contributed by atoms with van der Waals surface area (Å²) in [6.45, 7) is 2.12. The standard InChI is InChI=1S/C13H17N3O/c1-2-3-4-9-12(17)14-13-10-7-5-6-8-11(10)15-16-13/h5-8H,2-4,9H2,1H3,(H2,14,15,16,17). The maximum absolute atomic E-state index is 11.7. The minimum absolute atomic E-state index is 0.0377. The van der Waals surface area contributed by atoms with Gasteiger partial charge in [-0.05, 0) is 18.6 Å². The van der Waals surface area contributed by atoms with Gasteiger partial charge >= 0.3 is 0 Å². The predicted molar refractivity (Wildman–Crippen MR) is 68.9 cm³/mol. The van der Waals surface area contributed by atoms with Crippen LogP contribution >= 0.6 is 0 Å². The number of carbonyl (C=O) groups excluding carboxylic acids is 1. The summed E-state index contributed by atoms with van der Waals surface area (Å²) in [5.41, 5.74) is 0.941. The van der Waals surface area contributed by atoms with Gasteiger partial charge in [-0.15, -0.1) is 0 Å². The number of carbonyl (C=O) groups is 1. The van der Waals surface area contributed by atoms with Gasteiger partial charge in [0.1, 0.15) is 0 Å². The van der Waals surface area contributed by atoms with Crippen LogP contribution in [-0.4, -0.2) is 16.1 Å². The van der Waals surface area contributed by atoms with E-state index in [2.05, 4.69) is 22.4 Å². The predicted octanol–water partition coefficient (Wildman–Crippen LogP) is 3.08. The number of fused-ring (bicyclic) bond motifs is 1. The normalized spacial score (nSPS) is 10.6. The lowest BCUT2D eigenvalue weighted by Crippen LogP contribution is -2.11. The fourth-order valence-corrected chi connectivity index (χ4v) is 1.79. The summed E-state index contributed by atoms with van der Waals surface area (Å²) in [6.07, 6.45) is 3.72. The number of benzene rings is 1. The van der Waals surface area contributed by atoms with E-state index in [4.69, 9.17) is 0 Å². The van der Waals surface area contributed by atoms with Gasteiger partial charge in [-0.25, -0.2) is 0 Å². The molecule has 2 rings (SSSR count). The molecular formula is C13H17N3O. The van der Waals surface area contributed by atoms with Crippen LogP contribution in [0.1, 0.15) is 32.6 Å². The molecule has 2 aromatic rings. The Bertz CT molecular complexity index is 504. The first kappa shape index (κ1) is 11.6. The van der Waals surface area contributed by atoms with Crippen molar-refractivity contribution in [2.45, 2.75) is 32.6 Å². The lowest BCUT2D eigenvalue weighted by molar-refractivity contribution is -0.116. The van der Waals surface area contributed by atoms with E-state index in [9.17, 15) is 4.79 Å². The lowest BCUT2D eigenvalue weighted by Gasteiger charge is -2.01. The smallest absolute Gasteiger partial charge is 0.225 e. The highest BCUT2D eigenvalue weighted by Gasteiger charge is 2.08. The van der Waals surface area contributed by atoms with Crippen LogP contribution < -0.4 is 5.32 Å². The second-order valence-electron chi connectivity index (χ2n) is 4.12. The molecule has 0 spiro atoms. The Morgan fingerprint density at radius 1 is 1.35 bits per heavy atom. The number of rotatable bonds is 5. The number of para-hydroxylation sites is 1. The number of unbranched alkanes of at least 4 members (excludes halogenated alkanes) is 2. The minimum Gasteiger partial charge on any atom is -0.309 e. The molecule has 1 aromatic heterocycles. The van der Waals surface area contributed by atoms with Crippen molar-refractivity contribution in [1.29, 1.82) is 0 Å². The van der Waals surface area contributed by atoms with Gasteiger partial charge in [0.2, 0.25) is 5.91 Å². The van der Waals surface area contributed by atoms with Crippen LogP contribution in [0.15, 0.2) is 24.3 Å². The van der Waals surface area contributed by atoms with E-state index >= 15 is 0 Å². The zero-order valence-corrected chi connectivity index (χ0v) is 9.99. The second-order valence-corrected chi connectivity index (χ2v) is 4.12. The third-order valence-electron chi connectivity index (χ3n) is 2.74. The molecule has 1 heterocycles. The average molecular weight is 231 g/mol. The van der Waals surface area contributed by atoms with Crippen LogP contribution in [0, 0.1) is 0 Å². The molecule has 0 aliphatic heterocycles. The molecule has 0 saturated carbocycles. The quantitative estimate of drug-likeness (QED) is 0.777. The summed E-state index contributed by atoms with van der Waals surface area (Å²) < 4.78 is 0. The van der Waals surface area contributed by atoms with Gasteiger partial charge in [-0.2, -0.15) is 5.10 Å². The first-order chi connectivity index (χ1) is 8.31. The summed E-state index contributed by atoms with van der Waals surface area (Å²) in [5.74, 6) is 0.665. The lowest BCUT2D eigenvalue weighted by atomic mass is 10.2. The summed E-state index contributed by atoms with van der Waals surface area (Å²) in [7, 11) is 0. The summed E-state index contributed by atoms with van der Waals surface area (Å²) in [4.78, 5) is 11.7. The van der Waals surface area contributed by atoms with E-state index in [1.807, 2.05) is 24.3 Å². The van der Waals surface area contributed by atoms with Crippen molar-refractivity contribution in [2.75, 3.05) is 5.32 Å². The van der Waals surface area contributed by atoms with Gasteiger partial charge < -0.3 is 5.32 Å². The molecule has 17 heavy (non-hydrogen) atoms. The monoisotopic (exact) mass is 231 g/mol. The molecule has 0 radical (unpaired) electrons. The number of aromatic nitrogens is 2. The van der Waals surface area contributed by atoms with Gasteiger partial charge in [0.25, 0.3) is 0 Å². The Morgan fingerprint density at radius 3 is 3.00 bits per heavy atom. The molecule has 0 unspecified atom stereocenters. The maximum Gasteiger partial charge on any atom is 0.225 e. The Morgan fingerprint density at radius 2 is 2.18 bits per heavy atom. The van der Waals surface area contributed by atoms with Crippen molar-refractivity contribution in [3.05, 3.63) is 24.3 Å². The molecule has 0 atom stereocenters. The molecule has 0 bridgehead atoms. The Labute approximate surface area is 100 Å². The van der Waals surface area contributed by atoms with E-state index in [0.717, 1.165) is 30.2 Å². The van der Waals surface area contributed by atoms with Crippen LogP contribution in [0.3, 0.4) is 0 Å². The zero-order valence-electron chi connectivity index (χ0n) is 9.99. The number of amides is 1. The molecule has 0 saturated heterocycles. The fourth-order valence-electron chi connectivity index (χ4n) is 1.79. The fraction of sp³-hybridized carbons (Fsp3) is 0.385. The molecule has 1 aromatic carbocycles. The van der Waals surface area contributed by atoms with Crippen molar-refractivity contribution < 1.29 is 4.79 Å². The van der Waals surface area contributed by atoms with Gasteiger partial charge in [-0.1, -0.05) is 31.9 Å². The van der Waals surface area contributed by atoms with Crippen molar-refractivity contribution in [1.82, 2.24) is 10.2 Å². The number of nitrogens with zero attached hydrogens (tertiary/aromatic N) is 1. The number of H-pyrrole nitrogens is 1. The van der Waals surface area contributed by atoms with Crippen molar-refractivity contribution in [3.8, 4) is 0 Å². The van der Waals surface area contributed by atoms with Gasteiger partial charge in [-0.3, -0.25) is 9.89 Å². The Balaban J connectivity index is 2.01. The topological polar surface area (TPSA) is 57.8 Å². The molecule has 90 valence electrons. The zero-order chi connectivity index (χ0) is 12.1. The highest BCUT2D eigenvalue weighted by Crippen LogP contribution is 2.19. The molecule has 4 nitrogen and oxygen atoms in total. The highest BCUT2D eigenvalue weighted by molar-refractivity contribution is 5.99. The van der Waals surface area contributed by atoms with E-state index in [-0.39, 0.29) is 5.91 Å². The van der Waals surface area contributed by atoms with E-state index in [1.54, 1.807) is 0 Å². The van der Waals surface area contributed by atoms with Crippen LogP contribution in [-0.2, 0) is 4.79 Å². The van der Waals surface area contributed by atoms with Crippen molar-refractivity contribution in [3.63, 3.8) is 0 Å². The van der Waals surface area contributed by atoms with Crippen LogP contribution in [0.2, 0.25) is 0 Å². The van der Waals surface area contributed by atoms with Crippen molar-refractivity contribution >= 4 is 22.6 Å². The van der Waals surface area contributed by atoms with Crippen LogP contribution in [0.25, 0.3) is 10.9 Å². The maximum atomic E-state index is 11.7. The Kier molecular flexibility index (Phi) is 3.75. The van der Waals surface area contributed by atoms with Gasteiger partial charge in [0.15, 0.2) is 5.82 Å². The number of nitrogens with one attached hydrogen (secondary N) is 2. The number of hydrogen-bond acceptors (Lipinski definition) is 2. The third kappa shape index (κ3) is 2.84. The van der Waals surface area contributed by atoms with E-state index < -0.39 is 0 Å². The molecule has 2 N–H and O–H groups in total. The van der Waals surface area contributed by atoms with Gasteiger partial charge in [0, 0.05) is 11.8 Å². The molecule has 0 aliphatic carbocycles. The number of anilines is 1. The van der Waals surface area contributed by atoms with Gasteiger partial charge in [0.05, 0.1) is 5.52 Å². The third-order valence-corrected chi connectivity index (χ3v) is 2.74. The second kappa shape index (κ2) is 5.48. The minimum atomic E-state index is 0.0377. The first-order valence-electron chi connectivity index (χ1n) is 6.04. The molecule has 1 amide bonds. The SMILES string of the molecule is CCCCCC(=O)Nc1n[nH]c2ccccc12.